The van der Waals surface area contributed by atoms with Gasteiger partial charge in [-0.05, 0) is 132 Å². The first-order chi connectivity index (χ1) is 37.2. The van der Waals surface area contributed by atoms with E-state index in [-0.39, 0.29) is 50.8 Å². The average Bonchev–Trinajstić information content (AvgIpc) is 3.42. The molecule has 4 aromatic carbocycles. The van der Waals surface area contributed by atoms with Crippen LogP contribution in [-0.2, 0) is 87.0 Å². The van der Waals surface area contributed by atoms with Crippen molar-refractivity contribution in [3.8, 4) is 23.0 Å². The normalized spacial score (nSPS) is 11.2. The van der Waals surface area contributed by atoms with Gasteiger partial charge >= 0.3 is 16.5 Å². The van der Waals surface area contributed by atoms with Gasteiger partial charge in [0.1, 0.15) is 23.1 Å². The van der Waals surface area contributed by atoms with E-state index < -0.39 is 34.9 Å². The molecule has 0 spiro atoms. The van der Waals surface area contributed by atoms with E-state index in [2.05, 4.69) is 13.8 Å². The first-order valence-electron chi connectivity index (χ1n) is 28.2. The molecule has 0 saturated heterocycles. The Morgan fingerprint density at radius 2 is 0.759 bits per heavy atom. The Hall–Kier alpha value is -6.47. The fourth-order valence-electron chi connectivity index (χ4n) is 8.94. The number of carboxylic acid groups (broad SMARTS) is 2. The average molecular weight is 1130 g/mol. The first-order valence-corrected chi connectivity index (χ1v) is 28.2. The molecule has 0 heterocycles. The van der Waals surface area contributed by atoms with Gasteiger partial charge in [-0.25, -0.2) is 0 Å². The summed E-state index contributed by atoms with van der Waals surface area (Å²) in [4.78, 5) is 81.8. The number of hydrogen-bond donors (Lipinski definition) is 4. The van der Waals surface area contributed by atoms with E-state index in [9.17, 15) is 59.4 Å². The predicted molar refractivity (Wildman–Crippen MR) is 306 cm³/mol. The fraction of sp³-hybridized carbons (Fsp3) is 0.500. The molecule has 0 amide bonds. The Balaban J connectivity index is 0.000000763. The predicted octanol–water partition coefficient (Wildman–Crippen LogP) is 11.7. The van der Waals surface area contributed by atoms with Crippen LogP contribution in [0, 0.1) is 0 Å². The Morgan fingerprint density at radius 1 is 0.418 bits per heavy atom. The molecule has 0 fully saturated rings. The van der Waals surface area contributed by atoms with Crippen molar-refractivity contribution < 1.29 is 75.9 Å². The van der Waals surface area contributed by atoms with Crippen molar-refractivity contribution in [2.75, 3.05) is 0 Å². The number of phenols is 4. The van der Waals surface area contributed by atoms with Crippen LogP contribution in [0.1, 0.15) is 224 Å². The van der Waals surface area contributed by atoms with E-state index in [1.165, 1.54) is 12.1 Å². The van der Waals surface area contributed by atoms with Gasteiger partial charge in [0.05, 0.1) is 34.7 Å². The second-order valence-electron chi connectivity index (χ2n) is 19.5. The molecule has 79 heavy (non-hydrogen) atoms. The van der Waals surface area contributed by atoms with Gasteiger partial charge in [-0.2, -0.15) is 0 Å². The number of carbonyl (C=O) groups is 6. The zero-order valence-electron chi connectivity index (χ0n) is 48.4. The van der Waals surface area contributed by atoms with Gasteiger partial charge in [-0.3, -0.25) is 29.2 Å². The monoisotopic (exact) mass is 1130 g/mol. The van der Waals surface area contributed by atoms with Gasteiger partial charge in [0, 0.05) is 62.5 Å². The SMILES string of the molecule is CCCCCCC(=Nc1ccc(CC(=O)CC)c(CC(=O)CC)c1)C(CCCC)=Nc1ccc(CC(=O)CC)c(CC(=O)CC)c1.CCCc1c(CC)cc(O)c(O)c1C(=O)[O-].CCCc1c(CC)cc(O)c(O)c1C(=O)[O-].[Ni+2]. The third kappa shape index (κ3) is 22.7. The Kier molecular flexibility index (Phi) is 33.4. The minimum atomic E-state index is -1.45. The standard InChI is InChI=1S/C40H56N2O4.2C12H16O4.Ni/c1-7-13-15-16-18-40(42-34-22-20-30(26-36(44)10-4)32(24-34)28-38(46)12-6)39(17-14-8-2)41-33-21-19-29(25-35(43)9-3)31(23-33)27-37(45)11-5;2*1-3-5-8-7(4-2)6-9(13)11(14)10(8)12(15)16;/h19-24H,7-18,25-28H2,1-6H3;2*6,13-14H,3-5H2,1-2H3,(H,15,16);/q;;;+2/p-2. The quantitative estimate of drug-likeness (QED) is 0.0159. The largest absolute Gasteiger partial charge is 2.00 e. The van der Waals surface area contributed by atoms with Gasteiger partial charge < -0.3 is 40.2 Å². The van der Waals surface area contributed by atoms with Crippen LogP contribution in [0.25, 0.3) is 0 Å². The van der Waals surface area contributed by atoms with Crippen molar-refractivity contribution in [3.63, 3.8) is 0 Å². The summed E-state index contributed by atoms with van der Waals surface area (Å²) >= 11 is 0. The number of benzene rings is 4. The summed E-state index contributed by atoms with van der Waals surface area (Å²) in [5, 5.41) is 59.8. The summed E-state index contributed by atoms with van der Waals surface area (Å²) in [6.45, 7) is 19.4. The van der Waals surface area contributed by atoms with Crippen LogP contribution >= 0.6 is 0 Å². The Bertz CT molecular complexity index is 2660. The third-order valence-electron chi connectivity index (χ3n) is 13.5. The molecular weight excluding hydrogens is 1050 g/mol. The van der Waals surface area contributed by atoms with E-state index >= 15 is 0 Å². The Labute approximate surface area is 479 Å². The number of carboxylic acids is 2. The number of nitrogens with zero attached hydrogens (tertiary/aromatic N) is 2. The molecule has 0 aliphatic rings. The molecule has 0 unspecified atom stereocenters. The number of hydrogen-bond acceptors (Lipinski definition) is 14. The molecule has 0 radical (unpaired) electrons. The summed E-state index contributed by atoms with van der Waals surface area (Å²) in [6, 6.07) is 14.6. The number of phenolic OH excluding ortho intramolecular Hbond substituents is 2. The van der Waals surface area contributed by atoms with Crippen molar-refractivity contribution in [3.05, 3.63) is 104 Å². The molecule has 0 saturated carbocycles. The van der Waals surface area contributed by atoms with Gasteiger partial charge in [-0.1, -0.05) is 120 Å². The van der Waals surface area contributed by atoms with E-state index in [1.54, 1.807) is 0 Å². The van der Waals surface area contributed by atoms with Crippen LogP contribution in [0.4, 0.5) is 11.4 Å². The molecule has 434 valence electrons. The number of unbranched alkanes of at least 4 members (excludes halogenated alkanes) is 4. The molecule has 0 atom stereocenters. The van der Waals surface area contributed by atoms with Gasteiger partial charge in [0.25, 0.3) is 0 Å². The molecule has 4 rings (SSSR count). The second kappa shape index (κ2) is 37.4. The molecular formula is C64H86N2NiO12. The number of aromatic hydroxyl groups is 4. The first kappa shape index (κ1) is 70.5. The van der Waals surface area contributed by atoms with E-state index in [0.717, 1.165) is 120 Å². The van der Waals surface area contributed by atoms with Crippen LogP contribution in [0.3, 0.4) is 0 Å². The summed E-state index contributed by atoms with van der Waals surface area (Å²) in [7, 11) is 0. The molecule has 0 aliphatic heterocycles. The smallest absolute Gasteiger partial charge is 0.545 e. The van der Waals surface area contributed by atoms with Gasteiger partial charge in [-0.15, -0.1) is 0 Å². The van der Waals surface area contributed by atoms with Crippen molar-refractivity contribution in [1.82, 2.24) is 0 Å². The van der Waals surface area contributed by atoms with E-state index in [0.29, 0.717) is 88.2 Å². The maximum Gasteiger partial charge on any atom is 2.00 e. The van der Waals surface area contributed by atoms with Crippen molar-refractivity contribution in [2.45, 2.75) is 210 Å². The van der Waals surface area contributed by atoms with Crippen LogP contribution < -0.4 is 10.2 Å². The fourth-order valence-corrected chi connectivity index (χ4v) is 8.94. The summed E-state index contributed by atoms with van der Waals surface area (Å²) < 4.78 is 0. The van der Waals surface area contributed by atoms with Crippen LogP contribution in [0.15, 0.2) is 58.5 Å². The number of Topliss-reactive ketones (excluding diaryl/α,β-unsaturated/α-hetero) is 4. The number of carbonyl (C=O) groups excluding carboxylic acids is 6. The minimum absolute atomic E-state index is 0. The van der Waals surface area contributed by atoms with Crippen molar-refractivity contribution in [1.29, 1.82) is 0 Å². The molecule has 14 nitrogen and oxygen atoms in total. The topological polar surface area (TPSA) is 254 Å². The maximum absolute atomic E-state index is 12.5. The van der Waals surface area contributed by atoms with Crippen LogP contribution in [0.2, 0.25) is 0 Å². The van der Waals surface area contributed by atoms with Gasteiger partial charge in [0.2, 0.25) is 0 Å². The number of aryl methyl sites for hydroxylation is 2. The van der Waals surface area contributed by atoms with Crippen molar-refractivity contribution in [2.24, 2.45) is 9.98 Å². The summed E-state index contributed by atoms with van der Waals surface area (Å²) in [5.41, 5.74) is 8.95. The van der Waals surface area contributed by atoms with Crippen LogP contribution in [0.5, 0.6) is 23.0 Å². The molecule has 4 N–H and O–H groups in total. The second-order valence-corrected chi connectivity index (χ2v) is 19.5. The minimum Gasteiger partial charge on any atom is -0.545 e. The molecule has 15 heteroatoms. The molecule has 4 aromatic rings. The number of ketones is 4. The van der Waals surface area contributed by atoms with Crippen LogP contribution in [-0.4, -0.2) is 66.9 Å². The zero-order chi connectivity index (χ0) is 58.5. The third-order valence-corrected chi connectivity index (χ3v) is 13.5. The molecule has 0 bridgehead atoms. The number of aromatic carboxylic acids is 2. The summed E-state index contributed by atoms with van der Waals surface area (Å²) in [6.07, 6.45) is 14.8. The van der Waals surface area contributed by atoms with E-state index in [4.69, 9.17) is 9.98 Å². The summed E-state index contributed by atoms with van der Waals surface area (Å²) in [5.74, 6) is -4.34. The Morgan fingerprint density at radius 3 is 1.06 bits per heavy atom. The number of rotatable bonds is 31. The van der Waals surface area contributed by atoms with Gasteiger partial charge in [0.15, 0.2) is 23.0 Å². The molecule has 0 aromatic heterocycles. The molecule has 0 aliphatic carbocycles. The maximum atomic E-state index is 12.5. The van der Waals surface area contributed by atoms with E-state index in [1.807, 2.05) is 91.8 Å². The van der Waals surface area contributed by atoms with Crippen molar-refractivity contribution >= 4 is 57.9 Å². The zero-order valence-corrected chi connectivity index (χ0v) is 49.4. The number of aliphatic imine (C=N–C) groups is 2.